The van der Waals surface area contributed by atoms with Crippen molar-refractivity contribution in [3.63, 3.8) is 0 Å². The SMILES string of the molecule is CCCC1CCC(c2ccc(C=Cc3ccc(-c4ccc(OCC)cc4F)cc3)c(F)c2F)CC1. The summed E-state index contributed by atoms with van der Waals surface area (Å²) < 4.78 is 49.6. The first-order valence-electron chi connectivity index (χ1n) is 12.7. The highest BCUT2D eigenvalue weighted by molar-refractivity contribution is 5.73. The van der Waals surface area contributed by atoms with Gasteiger partial charge in [-0.2, -0.15) is 0 Å². The molecule has 0 aromatic heterocycles. The van der Waals surface area contributed by atoms with Crippen molar-refractivity contribution in [2.75, 3.05) is 6.61 Å². The molecule has 0 aliphatic heterocycles. The molecule has 4 rings (SSSR count). The molecule has 1 saturated carbocycles. The van der Waals surface area contributed by atoms with Gasteiger partial charge in [-0.25, -0.2) is 13.2 Å². The van der Waals surface area contributed by atoms with Crippen molar-refractivity contribution in [3.8, 4) is 16.9 Å². The van der Waals surface area contributed by atoms with E-state index in [0.717, 1.165) is 42.7 Å². The second-order valence-electron chi connectivity index (χ2n) is 9.41. The van der Waals surface area contributed by atoms with Gasteiger partial charge in [-0.15, -0.1) is 0 Å². The van der Waals surface area contributed by atoms with Crippen LogP contribution >= 0.6 is 0 Å². The van der Waals surface area contributed by atoms with Crippen LogP contribution in [0, 0.1) is 23.4 Å². The van der Waals surface area contributed by atoms with Gasteiger partial charge in [0.05, 0.1) is 6.61 Å². The Labute approximate surface area is 206 Å². The third kappa shape index (κ3) is 5.98. The lowest BCUT2D eigenvalue weighted by Gasteiger charge is -2.29. The van der Waals surface area contributed by atoms with Gasteiger partial charge in [0.15, 0.2) is 11.6 Å². The van der Waals surface area contributed by atoms with Crippen molar-refractivity contribution in [1.82, 2.24) is 0 Å². The van der Waals surface area contributed by atoms with Crippen LogP contribution in [-0.2, 0) is 0 Å². The standard InChI is InChI=1S/C31H33F3O/c1-3-5-21-6-13-24(14-7-21)28-18-16-25(30(33)31(28)34)15-10-22-8-11-23(12-9-22)27-19-17-26(35-4-2)20-29(27)32/h8-12,15-21,24H,3-7,13-14H2,1-2H3. The summed E-state index contributed by atoms with van der Waals surface area (Å²) in [6.07, 6.45) is 9.78. The minimum Gasteiger partial charge on any atom is -0.494 e. The molecule has 0 spiro atoms. The van der Waals surface area contributed by atoms with E-state index in [9.17, 15) is 13.2 Å². The number of halogens is 3. The summed E-state index contributed by atoms with van der Waals surface area (Å²) in [4.78, 5) is 0. The van der Waals surface area contributed by atoms with Crippen molar-refractivity contribution < 1.29 is 17.9 Å². The lowest BCUT2D eigenvalue weighted by atomic mass is 9.77. The Balaban J connectivity index is 1.45. The zero-order chi connectivity index (χ0) is 24.8. The average Bonchev–Trinajstić information content (AvgIpc) is 2.87. The maximum absolute atomic E-state index is 14.9. The normalized spacial score (nSPS) is 18.2. The summed E-state index contributed by atoms with van der Waals surface area (Å²) in [5.74, 6) is -0.529. The monoisotopic (exact) mass is 478 g/mol. The van der Waals surface area contributed by atoms with Gasteiger partial charge in [0.25, 0.3) is 0 Å². The molecule has 0 amide bonds. The van der Waals surface area contributed by atoms with Crippen LogP contribution in [0.3, 0.4) is 0 Å². The molecular weight excluding hydrogens is 445 g/mol. The smallest absolute Gasteiger partial charge is 0.166 e. The van der Waals surface area contributed by atoms with E-state index < -0.39 is 11.6 Å². The van der Waals surface area contributed by atoms with Crippen LogP contribution in [0.4, 0.5) is 13.2 Å². The third-order valence-corrected chi connectivity index (χ3v) is 7.05. The van der Waals surface area contributed by atoms with Gasteiger partial charge in [0, 0.05) is 17.2 Å². The summed E-state index contributed by atoms with van der Waals surface area (Å²) >= 11 is 0. The predicted molar refractivity (Wildman–Crippen MR) is 138 cm³/mol. The molecule has 0 radical (unpaired) electrons. The predicted octanol–water partition coefficient (Wildman–Crippen LogP) is 9.41. The fraction of sp³-hybridized carbons (Fsp3) is 0.355. The number of hydrogen-bond acceptors (Lipinski definition) is 1. The lowest BCUT2D eigenvalue weighted by molar-refractivity contribution is 0.303. The second kappa shape index (κ2) is 11.6. The van der Waals surface area contributed by atoms with Gasteiger partial charge in [-0.3, -0.25) is 0 Å². The van der Waals surface area contributed by atoms with E-state index in [4.69, 9.17) is 4.74 Å². The average molecular weight is 479 g/mol. The van der Waals surface area contributed by atoms with E-state index in [1.165, 1.54) is 18.9 Å². The molecule has 4 heteroatoms. The summed E-state index contributed by atoms with van der Waals surface area (Å²) in [6, 6.07) is 15.5. The molecule has 0 atom stereocenters. The van der Waals surface area contributed by atoms with Crippen molar-refractivity contribution >= 4 is 12.2 Å². The fourth-order valence-corrected chi connectivity index (χ4v) is 5.14. The molecule has 1 aliphatic rings. The van der Waals surface area contributed by atoms with Gasteiger partial charge < -0.3 is 4.74 Å². The minimum absolute atomic E-state index is 0.103. The molecule has 1 aliphatic carbocycles. The van der Waals surface area contributed by atoms with E-state index in [-0.39, 0.29) is 17.3 Å². The summed E-state index contributed by atoms with van der Waals surface area (Å²) in [6.45, 7) is 4.53. The maximum Gasteiger partial charge on any atom is 0.166 e. The zero-order valence-electron chi connectivity index (χ0n) is 20.5. The Hall–Kier alpha value is -3.01. The molecule has 0 unspecified atom stereocenters. The zero-order valence-corrected chi connectivity index (χ0v) is 20.5. The van der Waals surface area contributed by atoms with Crippen LogP contribution in [-0.4, -0.2) is 6.61 Å². The van der Waals surface area contributed by atoms with E-state index in [2.05, 4.69) is 6.92 Å². The van der Waals surface area contributed by atoms with E-state index >= 15 is 0 Å². The van der Waals surface area contributed by atoms with Gasteiger partial charge in [0.1, 0.15) is 11.6 Å². The molecule has 3 aromatic rings. The number of rotatable bonds is 8. The van der Waals surface area contributed by atoms with Crippen LogP contribution in [0.1, 0.15) is 75.0 Å². The highest BCUT2D eigenvalue weighted by Crippen LogP contribution is 2.39. The van der Waals surface area contributed by atoms with Crippen molar-refractivity contribution in [1.29, 1.82) is 0 Å². The molecule has 0 bridgehead atoms. The minimum atomic E-state index is -0.789. The van der Waals surface area contributed by atoms with Crippen LogP contribution in [0.25, 0.3) is 23.3 Å². The molecule has 0 N–H and O–H groups in total. The first kappa shape index (κ1) is 25.1. The molecule has 184 valence electrons. The second-order valence-corrected chi connectivity index (χ2v) is 9.41. The number of hydrogen-bond donors (Lipinski definition) is 0. The Morgan fingerprint density at radius 1 is 0.829 bits per heavy atom. The Morgan fingerprint density at radius 2 is 1.57 bits per heavy atom. The largest absolute Gasteiger partial charge is 0.494 e. The molecule has 0 saturated heterocycles. The Kier molecular flexibility index (Phi) is 8.33. The van der Waals surface area contributed by atoms with Crippen molar-refractivity contribution in [2.45, 2.75) is 58.3 Å². The van der Waals surface area contributed by atoms with Crippen LogP contribution in [0.2, 0.25) is 0 Å². The van der Waals surface area contributed by atoms with Gasteiger partial charge in [-0.05, 0) is 73.3 Å². The van der Waals surface area contributed by atoms with Crippen molar-refractivity contribution in [2.24, 2.45) is 5.92 Å². The first-order chi connectivity index (χ1) is 17.0. The van der Waals surface area contributed by atoms with E-state index in [0.29, 0.717) is 23.5 Å². The fourth-order valence-electron chi connectivity index (χ4n) is 5.14. The molecule has 1 nitrogen and oxygen atoms in total. The van der Waals surface area contributed by atoms with Gasteiger partial charge in [-0.1, -0.05) is 68.3 Å². The quantitative estimate of drug-likeness (QED) is 0.293. The van der Waals surface area contributed by atoms with Crippen LogP contribution < -0.4 is 4.74 Å². The molecule has 3 aromatic carbocycles. The van der Waals surface area contributed by atoms with Crippen LogP contribution in [0.5, 0.6) is 5.75 Å². The summed E-state index contributed by atoms with van der Waals surface area (Å²) in [5, 5.41) is 0. The Bertz CT molecular complexity index is 1160. The maximum atomic E-state index is 14.9. The molecule has 1 fully saturated rings. The van der Waals surface area contributed by atoms with E-state index in [1.54, 1.807) is 36.4 Å². The van der Waals surface area contributed by atoms with Gasteiger partial charge in [0.2, 0.25) is 0 Å². The highest BCUT2D eigenvalue weighted by atomic mass is 19.2. The van der Waals surface area contributed by atoms with Crippen molar-refractivity contribution in [3.05, 3.63) is 88.7 Å². The number of benzene rings is 3. The van der Waals surface area contributed by atoms with Crippen LogP contribution in [0.15, 0.2) is 54.6 Å². The summed E-state index contributed by atoms with van der Waals surface area (Å²) in [5.41, 5.74) is 2.77. The lowest BCUT2D eigenvalue weighted by Crippen LogP contribution is -2.15. The highest BCUT2D eigenvalue weighted by Gasteiger charge is 2.25. The van der Waals surface area contributed by atoms with E-state index in [1.807, 2.05) is 31.2 Å². The molecular formula is C31H33F3O. The first-order valence-corrected chi connectivity index (χ1v) is 12.7. The third-order valence-electron chi connectivity index (χ3n) is 7.05. The molecule has 0 heterocycles. The topological polar surface area (TPSA) is 9.23 Å². The summed E-state index contributed by atoms with van der Waals surface area (Å²) in [7, 11) is 0. The molecule has 35 heavy (non-hydrogen) atoms. The van der Waals surface area contributed by atoms with Gasteiger partial charge >= 0.3 is 0 Å². The Morgan fingerprint density at radius 3 is 2.23 bits per heavy atom. The number of ether oxygens (including phenoxy) is 1.